The standard InChI is InChI=1S/C25H14N6/c1-2-8-15-13-14(7-1)26-20-21(27-15)23-25(31-19-12-6-4-10-17(19)29-23)24-22(20)28-16-9-3-5-11-18(16)30-24/h1-12H,13H2. The van der Waals surface area contributed by atoms with Gasteiger partial charge in [0.25, 0.3) is 0 Å². The van der Waals surface area contributed by atoms with Gasteiger partial charge in [-0.2, -0.15) is 0 Å². The van der Waals surface area contributed by atoms with Gasteiger partial charge in [0.05, 0.1) is 22.1 Å². The molecule has 1 aliphatic heterocycles. The van der Waals surface area contributed by atoms with Crippen molar-refractivity contribution in [1.29, 1.82) is 0 Å². The van der Waals surface area contributed by atoms with Gasteiger partial charge in [0.2, 0.25) is 0 Å². The quantitative estimate of drug-likeness (QED) is 0.293. The van der Waals surface area contributed by atoms with E-state index in [2.05, 4.69) is 0 Å². The lowest BCUT2D eigenvalue weighted by Gasteiger charge is -2.07. The number of rotatable bonds is 0. The van der Waals surface area contributed by atoms with Gasteiger partial charge in [-0.05, 0) is 36.4 Å². The first-order chi connectivity index (χ1) is 15.3. The van der Waals surface area contributed by atoms with Crippen molar-refractivity contribution in [2.24, 2.45) is 9.98 Å². The number of aromatic nitrogens is 4. The van der Waals surface area contributed by atoms with E-state index < -0.39 is 0 Å². The molecule has 144 valence electrons. The summed E-state index contributed by atoms with van der Waals surface area (Å²) < 4.78 is 0. The fraction of sp³-hybridized carbons (Fsp3) is 0.0400. The Morgan fingerprint density at radius 1 is 0.484 bits per heavy atom. The van der Waals surface area contributed by atoms with Crippen LogP contribution in [0.4, 0.5) is 0 Å². The molecule has 0 saturated carbocycles. The van der Waals surface area contributed by atoms with Crippen LogP contribution in [-0.4, -0.2) is 19.9 Å². The number of fused-ring (bicyclic) bond motifs is 10. The SMILES string of the molecule is C1=CC=C2CC(=C1)N=c1c(c3nc4ccccc4nc3c3nc4ccccc4nc13)=N2. The van der Waals surface area contributed by atoms with Gasteiger partial charge in [0.15, 0.2) is 0 Å². The third kappa shape index (κ3) is 2.45. The minimum atomic E-state index is 0.659. The van der Waals surface area contributed by atoms with Crippen LogP contribution in [-0.2, 0) is 0 Å². The Kier molecular flexibility index (Phi) is 3.24. The van der Waals surface area contributed by atoms with Gasteiger partial charge in [0, 0.05) is 17.8 Å². The van der Waals surface area contributed by atoms with E-state index in [0.29, 0.717) is 39.2 Å². The van der Waals surface area contributed by atoms with Gasteiger partial charge in [-0.25, -0.2) is 29.9 Å². The topological polar surface area (TPSA) is 76.3 Å². The summed E-state index contributed by atoms with van der Waals surface area (Å²) in [4.78, 5) is 29.8. The van der Waals surface area contributed by atoms with Crippen molar-refractivity contribution >= 4 is 44.1 Å². The van der Waals surface area contributed by atoms with Gasteiger partial charge >= 0.3 is 0 Å². The molecule has 0 fully saturated rings. The molecule has 5 aromatic rings. The van der Waals surface area contributed by atoms with Crippen LogP contribution in [0.25, 0.3) is 44.1 Å². The molecule has 0 atom stereocenters. The smallest absolute Gasteiger partial charge is 0.120 e. The van der Waals surface area contributed by atoms with Crippen LogP contribution in [0.3, 0.4) is 0 Å². The molecule has 0 radical (unpaired) electrons. The maximum absolute atomic E-state index is 4.99. The van der Waals surface area contributed by atoms with Gasteiger partial charge < -0.3 is 0 Å². The highest BCUT2D eigenvalue weighted by Crippen LogP contribution is 2.23. The van der Waals surface area contributed by atoms with E-state index in [-0.39, 0.29) is 0 Å². The lowest BCUT2D eigenvalue weighted by Crippen LogP contribution is -2.29. The second-order valence-corrected chi connectivity index (χ2v) is 7.62. The van der Waals surface area contributed by atoms with Gasteiger partial charge in [-0.3, -0.25) is 0 Å². The highest BCUT2D eigenvalue weighted by molar-refractivity contribution is 6.04. The molecule has 3 aromatic carbocycles. The zero-order valence-corrected chi connectivity index (χ0v) is 16.3. The van der Waals surface area contributed by atoms with E-state index in [1.54, 1.807) is 0 Å². The van der Waals surface area contributed by atoms with Crippen molar-refractivity contribution in [2.75, 3.05) is 0 Å². The van der Waals surface area contributed by atoms with E-state index in [1.807, 2.05) is 72.8 Å². The van der Waals surface area contributed by atoms with Gasteiger partial charge in [-0.1, -0.05) is 36.4 Å². The highest BCUT2D eigenvalue weighted by Gasteiger charge is 2.18. The average Bonchev–Trinajstić information content (AvgIpc) is 3.15. The van der Waals surface area contributed by atoms with E-state index in [0.717, 1.165) is 33.5 Å². The Bertz CT molecular complexity index is 1680. The van der Waals surface area contributed by atoms with Crippen LogP contribution in [0, 0.1) is 0 Å². The summed E-state index contributed by atoms with van der Waals surface area (Å²) in [6.07, 6.45) is 8.68. The van der Waals surface area contributed by atoms with E-state index in [1.165, 1.54) is 0 Å². The average molecular weight is 398 g/mol. The van der Waals surface area contributed by atoms with Crippen LogP contribution >= 0.6 is 0 Å². The Morgan fingerprint density at radius 3 is 1.29 bits per heavy atom. The van der Waals surface area contributed by atoms with Crippen molar-refractivity contribution in [1.82, 2.24) is 19.9 Å². The summed E-state index contributed by atoms with van der Waals surface area (Å²) >= 11 is 0. The van der Waals surface area contributed by atoms with Crippen LogP contribution < -0.4 is 10.7 Å². The molecule has 6 heteroatoms. The molecule has 7 rings (SSSR count). The lowest BCUT2D eigenvalue weighted by atomic mass is 10.1. The Labute approximate surface area is 175 Å². The van der Waals surface area contributed by atoms with Crippen molar-refractivity contribution in [3.05, 3.63) is 94.9 Å². The molecular formula is C25H14N6. The molecule has 0 spiro atoms. The minimum absolute atomic E-state index is 0.659. The zero-order chi connectivity index (χ0) is 20.4. The van der Waals surface area contributed by atoms with E-state index in [9.17, 15) is 0 Å². The molecule has 0 amide bonds. The van der Waals surface area contributed by atoms with Crippen molar-refractivity contribution in [3.63, 3.8) is 0 Å². The second kappa shape index (κ2) is 6.09. The van der Waals surface area contributed by atoms with Crippen molar-refractivity contribution in [2.45, 2.75) is 6.42 Å². The summed E-state index contributed by atoms with van der Waals surface area (Å²) in [5, 5.41) is 1.41. The maximum Gasteiger partial charge on any atom is 0.120 e. The number of hydrogen-bond acceptors (Lipinski definition) is 6. The molecule has 31 heavy (non-hydrogen) atoms. The summed E-state index contributed by atoms with van der Waals surface area (Å²) in [6, 6.07) is 15.7. The number of benzene rings is 3. The molecule has 0 N–H and O–H groups in total. The number of para-hydroxylation sites is 4. The third-order valence-corrected chi connectivity index (χ3v) is 5.60. The molecule has 6 nitrogen and oxygen atoms in total. The Hall–Kier alpha value is -4.32. The Morgan fingerprint density at radius 2 is 0.871 bits per heavy atom. The summed E-state index contributed by atoms with van der Waals surface area (Å²) in [7, 11) is 0. The number of allylic oxidation sites excluding steroid dienone is 4. The minimum Gasteiger partial charge on any atom is -0.248 e. The molecule has 3 heterocycles. The molecule has 2 bridgehead atoms. The first kappa shape index (κ1) is 16.5. The van der Waals surface area contributed by atoms with Crippen LogP contribution in [0.5, 0.6) is 0 Å². The van der Waals surface area contributed by atoms with E-state index in [4.69, 9.17) is 29.9 Å². The number of nitrogens with zero attached hydrogens (tertiary/aromatic N) is 6. The highest BCUT2D eigenvalue weighted by atomic mass is 14.9. The summed E-state index contributed by atoms with van der Waals surface area (Å²) in [5.41, 5.74) is 7.94. The van der Waals surface area contributed by atoms with Crippen LogP contribution in [0.15, 0.2) is 94.2 Å². The van der Waals surface area contributed by atoms with Crippen LogP contribution in [0.1, 0.15) is 6.42 Å². The van der Waals surface area contributed by atoms with Crippen molar-refractivity contribution in [3.8, 4) is 0 Å². The zero-order valence-electron chi connectivity index (χ0n) is 16.3. The molecule has 2 aliphatic rings. The largest absolute Gasteiger partial charge is 0.248 e. The predicted molar refractivity (Wildman–Crippen MR) is 120 cm³/mol. The summed E-state index contributed by atoms with van der Waals surface area (Å²) in [6.45, 7) is 0. The van der Waals surface area contributed by atoms with Crippen molar-refractivity contribution < 1.29 is 0 Å². The monoisotopic (exact) mass is 398 g/mol. The molecule has 2 aromatic heterocycles. The molecule has 0 unspecified atom stereocenters. The molecule has 1 aliphatic carbocycles. The Balaban J connectivity index is 1.81. The van der Waals surface area contributed by atoms with Gasteiger partial charge in [0.1, 0.15) is 32.8 Å². The lowest BCUT2D eigenvalue weighted by molar-refractivity contribution is 1.06. The van der Waals surface area contributed by atoms with Crippen LogP contribution in [0.2, 0.25) is 0 Å². The fourth-order valence-corrected chi connectivity index (χ4v) is 4.17. The molecular weight excluding hydrogens is 384 g/mol. The second-order valence-electron chi connectivity index (χ2n) is 7.62. The number of hydrogen-bond donors (Lipinski definition) is 0. The normalized spacial score (nSPS) is 15.1. The third-order valence-electron chi connectivity index (χ3n) is 5.60. The first-order valence-electron chi connectivity index (χ1n) is 10.1. The fourth-order valence-electron chi connectivity index (χ4n) is 4.17. The first-order valence-corrected chi connectivity index (χ1v) is 10.1. The summed E-state index contributed by atoms with van der Waals surface area (Å²) in [5.74, 6) is 0. The van der Waals surface area contributed by atoms with E-state index >= 15 is 0 Å². The van der Waals surface area contributed by atoms with Gasteiger partial charge in [-0.15, -0.1) is 0 Å². The predicted octanol–water partition coefficient (Wildman–Crippen LogP) is 3.86. The molecule has 0 saturated heterocycles. The maximum atomic E-state index is 4.99.